The third-order valence-electron chi connectivity index (χ3n) is 5.31. The minimum Gasteiger partial charge on any atom is -0.494 e. The average molecular weight is 411 g/mol. The number of ether oxygens (including phenoxy) is 1. The van der Waals surface area contributed by atoms with Gasteiger partial charge >= 0.3 is 0 Å². The smallest absolute Gasteiger partial charge is 0.243 e. The highest BCUT2D eigenvalue weighted by atomic mass is 32.2. The zero-order valence-corrected chi connectivity index (χ0v) is 17.4. The van der Waals surface area contributed by atoms with Crippen LogP contribution in [0.3, 0.4) is 0 Å². The molecule has 1 aliphatic rings. The molecule has 1 heterocycles. The molecule has 0 aliphatic carbocycles. The summed E-state index contributed by atoms with van der Waals surface area (Å²) in [5.74, 6) is 0.796. The Bertz CT molecular complexity index is 1080. The van der Waals surface area contributed by atoms with Gasteiger partial charge < -0.3 is 4.74 Å². The van der Waals surface area contributed by atoms with Crippen molar-refractivity contribution >= 4 is 20.8 Å². The Balaban J connectivity index is 1.46. The Kier molecular flexibility index (Phi) is 5.85. The molecule has 4 rings (SSSR count). The number of nitrogens with zero attached hydrogens (tertiary/aromatic N) is 2. The predicted octanol–water partition coefficient (Wildman–Crippen LogP) is 3.75. The van der Waals surface area contributed by atoms with E-state index in [0.29, 0.717) is 24.6 Å². The number of sulfonamides is 1. The lowest BCUT2D eigenvalue weighted by Crippen LogP contribution is -2.48. The molecule has 1 aliphatic heterocycles. The maximum atomic E-state index is 13.1. The van der Waals surface area contributed by atoms with Crippen LogP contribution in [0.15, 0.2) is 71.6 Å². The van der Waals surface area contributed by atoms with E-state index in [1.54, 1.807) is 16.4 Å². The van der Waals surface area contributed by atoms with E-state index < -0.39 is 10.0 Å². The van der Waals surface area contributed by atoms with Gasteiger partial charge in [-0.15, -0.1) is 0 Å². The Labute approximate surface area is 172 Å². The molecular formula is C23H26N2O3S. The second-order valence-corrected chi connectivity index (χ2v) is 9.21. The third kappa shape index (κ3) is 4.45. The molecule has 0 unspecified atom stereocenters. The summed E-state index contributed by atoms with van der Waals surface area (Å²) >= 11 is 0. The van der Waals surface area contributed by atoms with E-state index in [2.05, 4.69) is 17.0 Å². The van der Waals surface area contributed by atoms with Crippen molar-refractivity contribution in [1.29, 1.82) is 0 Å². The van der Waals surface area contributed by atoms with Gasteiger partial charge in [-0.3, -0.25) is 4.90 Å². The second kappa shape index (κ2) is 8.53. The fourth-order valence-corrected chi connectivity index (χ4v) is 5.20. The van der Waals surface area contributed by atoms with E-state index in [4.69, 9.17) is 4.74 Å². The van der Waals surface area contributed by atoms with Crippen LogP contribution >= 0.6 is 0 Å². The van der Waals surface area contributed by atoms with E-state index in [9.17, 15) is 8.42 Å². The van der Waals surface area contributed by atoms with Gasteiger partial charge in [0, 0.05) is 32.7 Å². The van der Waals surface area contributed by atoms with Crippen molar-refractivity contribution in [2.24, 2.45) is 0 Å². The lowest BCUT2D eigenvalue weighted by Gasteiger charge is -2.34. The summed E-state index contributed by atoms with van der Waals surface area (Å²) in [4.78, 5) is 2.66. The molecule has 0 aromatic heterocycles. The number of hydrogen-bond acceptors (Lipinski definition) is 4. The minimum absolute atomic E-state index is 0.352. The molecule has 0 radical (unpaired) electrons. The van der Waals surface area contributed by atoms with Gasteiger partial charge in [0.1, 0.15) is 5.75 Å². The molecule has 0 bridgehead atoms. The van der Waals surface area contributed by atoms with Crippen molar-refractivity contribution < 1.29 is 13.2 Å². The summed E-state index contributed by atoms with van der Waals surface area (Å²) in [5, 5.41) is 1.87. The van der Waals surface area contributed by atoms with E-state index in [1.165, 1.54) is 5.56 Å². The van der Waals surface area contributed by atoms with Crippen LogP contribution in [0.1, 0.15) is 12.5 Å². The number of piperazine rings is 1. The molecule has 3 aromatic carbocycles. The van der Waals surface area contributed by atoms with Crippen molar-refractivity contribution in [3.05, 3.63) is 72.3 Å². The molecule has 3 aromatic rings. The zero-order valence-electron chi connectivity index (χ0n) is 16.6. The first-order chi connectivity index (χ1) is 14.1. The summed E-state index contributed by atoms with van der Waals surface area (Å²) in [6.45, 7) is 5.90. The van der Waals surface area contributed by atoms with E-state index in [1.807, 2.05) is 49.4 Å². The normalized spacial score (nSPS) is 16.2. The minimum atomic E-state index is -3.49. The highest BCUT2D eigenvalue weighted by molar-refractivity contribution is 7.89. The lowest BCUT2D eigenvalue weighted by atomic mass is 10.1. The van der Waals surface area contributed by atoms with Crippen LogP contribution in [0, 0.1) is 0 Å². The Morgan fingerprint density at radius 1 is 0.862 bits per heavy atom. The molecule has 0 N–H and O–H groups in total. The first-order valence-corrected chi connectivity index (χ1v) is 11.4. The Morgan fingerprint density at radius 2 is 1.55 bits per heavy atom. The first kappa shape index (κ1) is 19.9. The average Bonchev–Trinajstić information content (AvgIpc) is 2.75. The second-order valence-electron chi connectivity index (χ2n) is 7.27. The Hall–Kier alpha value is -2.41. The molecule has 29 heavy (non-hydrogen) atoms. The van der Waals surface area contributed by atoms with Gasteiger partial charge in [-0.25, -0.2) is 8.42 Å². The number of hydrogen-bond donors (Lipinski definition) is 0. The van der Waals surface area contributed by atoms with E-state index in [-0.39, 0.29) is 0 Å². The molecule has 5 nitrogen and oxygen atoms in total. The molecular weight excluding hydrogens is 384 g/mol. The fourth-order valence-electron chi connectivity index (χ4n) is 3.74. The third-order valence-corrected chi connectivity index (χ3v) is 7.21. The quantitative estimate of drug-likeness (QED) is 0.621. The molecule has 0 amide bonds. The maximum absolute atomic E-state index is 13.1. The van der Waals surface area contributed by atoms with E-state index >= 15 is 0 Å². The van der Waals surface area contributed by atoms with Crippen LogP contribution in [0.25, 0.3) is 10.8 Å². The molecule has 152 valence electrons. The highest BCUT2D eigenvalue weighted by Crippen LogP contribution is 2.26. The van der Waals surface area contributed by atoms with Crippen molar-refractivity contribution in [2.75, 3.05) is 32.8 Å². The number of rotatable bonds is 6. The van der Waals surface area contributed by atoms with Gasteiger partial charge in [-0.05, 0) is 47.5 Å². The van der Waals surface area contributed by atoms with Gasteiger partial charge in [0.25, 0.3) is 0 Å². The van der Waals surface area contributed by atoms with E-state index in [0.717, 1.165) is 36.2 Å². The molecule has 0 saturated carbocycles. The van der Waals surface area contributed by atoms with Gasteiger partial charge in [-0.2, -0.15) is 4.31 Å². The Morgan fingerprint density at radius 3 is 2.28 bits per heavy atom. The van der Waals surface area contributed by atoms with Crippen molar-refractivity contribution in [3.63, 3.8) is 0 Å². The molecule has 0 atom stereocenters. The summed E-state index contributed by atoms with van der Waals surface area (Å²) in [6, 6.07) is 21.3. The van der Waals surface area contributed by atoms with Crippen LogP contribution in [0.4, 0.5) is 0 Å². The van der Waals surface area contributed by atoms with Gasteiger partial charge in [0.15, 0.2) is 0 Å². The molecule has 1 fully saturated rings. The maximum Gasteiger partial charge on any atom is 0.243 e. The van der Waals surface area contributed by atoms with Gasteiger partial charge in [0.05, 0.1) is 11.5 Å². The van der Waals surface area contributed by atoms with Crippen LogP contribution in [0.2, 0.25) is 0 Å². The highest BCUT2D eigenvalue weighted by Gasteiger charge is 2.28. The van der Waals surface area contributed by atoms with Crippen LogP contribution in [-0.2, 0) is 16.6 Å². The largest absolute Gasteiger partial charge is 0.494 e. The summed E-state index contributed by atoms with van der Waals surface area (Å²) in [7, 11) is -3.49. The summed E-state index contributed by atoms with van der Waals surface area (Å²) < 4.78 is 33.4. The number of fused-ring (bicyclic) bond motifs is 1. The standard InChI is InChI=1S/C23H26N2O3S/c1-2-28-22-10-8-21-17-23(11-9-20(21)16-22)29(26,27)25-14-12-24(13-15-25)18-19-6-4-3-5-7-19/h3-11,16-17H,2,12-15,18H2,1H3. The first-order valence-electron chi connectivity index (χ1n) is 9.99. The predicted molar refractivity (Wildman–Crippen MR) is 116 cm³/mol. The summed E-state index contributed by atoms with van der Waals surface area (Å²) in [6.07, 6.45) is 0. The van der Waals surface area contributed by atoms with Crippen molar-refractivity contribution in [3.8, 4) is 5.75 Å². The van der Waals surface area contributed by atoms with Crippen molar-refractivity contribution in [2.45, 2.75) is 18.4 Å². The molecule has 6 heteroatoms. The number of benzene rings is 3. The van der Waals surface area contributed by atoms with Gasteiger partial charge in [-0.1, -0.05) is 42.5 Å². The van der Waals surface area contributed by atoms with Crippen LogP contribution in [-0.4, -0.2) is 50.4 Å². The molecule has 1 saturated heterocycles. The SMILES string of the molecule is CCOc1ccc2cc(S(=O)(=O)N3CCN(Cc4ccccc4)CC3)ccc2c1. The van der Waals surface area contributed by atoms with Gasteiger partial charge in [0.2, 0.25) is 10.0 Å². The monoisotopic (exact) mass is 410 g/mol. The summed E-state index contributed by atoms with van der Waals surface area (Å²) in [5.41, 5.74) is 1.25. The van der Waals surface area contributed by atoms with Crippen molar-refractivity contribution in [1.82, 2.24) is 9.21 Å². The molecule has 0 spiro atoms. The van der Waals surface area contributed by atoms with Crippen LogP contribution in [0.5, 0.6) is 5.75 Å². The lowest BCUT2D eigenvalue weighted by molar-refractivity contribution is 0.181. The fraction of sp³-hybridized carbons (Fsp3) is 0.304. The van der Waals surface area contributed by atoms with Crippen LogP contribution < -0.4 is 4.74 Å². The zero-order chi connectivity index (χ0) is 20.3. The topological polar surface area (TPSA) is 49.9 Å².